The van der Waals surface area contributed by atoms with Crippen LogP contribution in [0.25, 0.3) is 0 Å². The first-order valence-corrected chi connectivity index (χ1v) is 9.85. The van der Waals surface area contributed by atoms with Gasteiger partial charge in [0.2, 0.25) is 5.91 Å². The minimum atomic E-state index is 0.151. The second-order valence-corrected chi connectivity index (χ2v) is 7.76. The number of nitrogens with one attached hydrogen (secondary N) is 1. The lowest BCUT2D eigenvalue weighted by atomic mass is 9.91. The van der Waals surface area contributed by atoms with Gasteiger partial charge >= 0.3 is 0 Å². The van der Waals surface area contributed by atoms with E-state index < -0.39 is 0 Å². The Morgan fingerprint density at radius 1 is 1.08 bits per heavy atom. The number of rotatable bonds is 4. The van der Waals surface area contributed by atoms with Gasteiger partial charge in [-0.15, -0.1) is 11.3 Å². The fourth-order valence-corrected chi connectivity index (χ4v) is 4.41. The monoisotopic (exact) mass is 362 g/mol. The zero-order valence-corrected chi connectivity index (χ0v) is 15.6. The molecule has 0 saturated carbocycles. The standard InChI is InChI=1S/C22H22N2OS/c1-16-14-20(23-17-8-3-2-4-9-17)19-11-5-6-12-21(19)24(16)22(25)15-18-10-7-13-26-18/h2-13,16,20,23H,14-15H2,1H3/t16-,20+/m1/s1. The summed E-state index contributed by atoms with van der Waals surface area (Å²) in [5, 5.41) is 5.66. The minimum absolute atomic E-state index is 0.151. The average molecular weight is 362 g/mol. The third-order valence-electron chi connectivity index (χ3n) is 4.88. The molecule has 0 spiro atoms. The van der Waals surface area contributed by atoms with Gasteiger partial charge in [-0.05, 0) is 48.6 Å². The van der Waals surface area contributed by atoms with Crippen molar-refractivity contribution in [3.05, 3.63) is 82.6 Å². The zero-order chi connectivity index (χ0) is 17.9. The van der Waals surface area contributed by atoms with Gasteiger partial charge < -0.3 is 10.2 Å². The molecule has 1 aliphatic heterocycles. The van der Waals surface area contributed by atoms with E-state index in [1.807, 2.05) is 46.7 Å². The summed E-state index contributed by atoms with van der Waals surface area (Å²) in [5.74, 6) is 0.172. The summed E-state index contributed by atoms with van der Waals surface area (Å²) in [4.78, 5) is 16.1. The fourth-order valence-electron chi connectivity index (χ4n) is 3.71. The number of nitrogens with zero attached hydrogens (tertiary/aromatic N) is 1. The van der Waals surface area contributed by atoms with Gasteiger partial charge in [-0.3, -0.25) is 4.79 Å². The van der Waals surface area contributed by atoms with Crippen LogP contribution in [-0.4, -0.2) is 11.9 Å². The van der Waals surface area contributed by atoms with Crippen LogP contribution in [0.3, 0.4) is 0 Å². The fraction of sp³-hybridized carbons (Fsp3) is 0.227. The molecule has 0 fully saturated rings. The summed E-state index contributed by atoms with van der Waals surface area (Å²) >= 11 is 1.64. The highest BCUT2D eigenvalue weighted by molar-refractivity contribution is 7.10. The Bertz CT molecular complexity index is 876. The summed E-state index contributed by atoms with van der Waals surface area (Å²) in [6, 6.07) is 22.9. The third kappa shape index (κ3) is 3.37. The molecule has 2 aromatic carbocycles. The molecule has 2 heterocycles. The molecule has 0 unspecified atom stereocenters. The van der Waals surface area contributed by atoms with Crippen molar-refractivity contribution in [3.8, 4) is 0 Å². The van der Waals surface area contributed by atoms with E-state index in [1.165, 1.54) is 5.56 Å². The largest absolute Gasteiger partial charge is 0.378 e. The van der Waals surface area contributed by atoms with Crippen LogP contribution in [0.5, 0.6) is 0 Å². The van der Waals surface area contributed by atoms with E-state index >= 15 is 0 Å². The Morgan fingerprint density at radius 3 is 2.62 bits per heavy atom. The summed E-state index contributed by atoms with van der Waals surface area (Å²) in [7, 11) is 0. The second kappa shape index (κ2) is 7.34. The first-order chi connectivity index (χ1) is 12.7. The number of thiophene rings is 1. The summed E-state index contributed by atoms with van der Waals surface area (Å²) < 4.78 is 0. The summed E-state index contributed by atoms with van der Waals surface area (Å²) in [5.41, 5.74) is 3.33. The van der Waals surface area contributed by atoms with Gasteiger partial charge in [-0.2, -0.15) is 0 Å². The van der Waals surface area contributed by atoms with Gasteiger partial charge in [0.15, 0.2) is 0 Å². The molecule has 3 aromatic rings. The molecule has 3 nitrogen and oxygen atoms in total. The van der Waals surface area contributed by atoms with Crippen LogP contribution in [0.2, 0.25) is 0 Å². The van der Waals surface area contributed by atoms with Crippen LogP contribution in [0.15, 0.2) is 72.1 Å². The van der Waals surface area contributed by atoms with Gasteiger partial charge in [0.05, 0.1) is 12.5 Å². The van der Waals surface area contributed by atoms with Gasteiger partial charge in [0, 0.05) is 22.3 Å². The smallest absolute Gasteiger partial charge is 0.232 e. The first-order valence-electron chi connectivity index (χ1n) is 8.97. The van der Waals surface area contributed by atoms with Crippen molar-refractivity contribution in [2.45, 2.75) is 31.8 Å². The number of benzene rings is 2. The van der Waals surface area contributed by atoms with Crippen LogP contribution in [0.1, 0.15) is 29.8 Å². The highest BCUT2D eigenvalue weighted by Gasteiger charge is 2.33. The molecule has 0 aliphatic carbocycles. The molecule has 2 atom stereocenters. The number of para-hydroxylation sites is 2. The van der Waals surface area contributed by atoms with Crippen molar-refractivity contribution in [1.29, 1.82) is 0 Å². The van der Waals surface area contributed by atoms with Crippen molar-refractivity contribution in [3.63, 3.8) is 0 Å². The van der Waals surface area contributed by atoms with Crippen molar-refractivity contribution < 1.29 is 4.79 Å². The topological polar surface area (TPSA) is 32.3 Å². The van der Waals surface area contributed by atoms with Gasteiger partial charge in [0.1, 0.15) is 0 Å². The van der Waals surface area contributed by atoms with Crippen LogP contribution in [-0.2, 0) is 11.2 Å². The predicted molar refractivity (Wildman–Crippen MR) is 109 cm³/mol. The maximum atomic E-state index is 13.0. The van der Waals surface area contributed by atoms with Crippen molar-refractivity contribution >= 4 is 28.6 Å². The van der Waals surface area contributed by atoms with E-state index in [9.17, 15) is 4.79 Å². The minimum Gasteiger partial charge on any atom is -0.378 e. The predicted octanol–water partition coefficient (Wildman–Crippen LogP) is 5.27. The molecule has 4 rings (SSSR count). The molecule has 1 N–H and O–H groups in total. The number of hydrogen-bond acceptors (Lipinski definition) is 3. The van der Waals surface area contributed by atoms with Gasteiger partial charge in [0.25, 0.3) is 0 Å². The van der Waals surface area contributed by atoms with Crippen LogP contribution in [0, 0.1) is 0 Å². The normalized spacial score (nSPS) is 19.0. The lowest BCUT2D eigenvalue weighted by Gasteiger charge is -2.40. The molecule has 1 amide bonds. The Morgan fingerprint density at radius 2 is 1.85 bits per heavy atom. The molecular weight excluding hydrogens is 340 g/mol. The highest BCUT2D eigenvalue weighted by Crippen LogP contribution is 2.39. The Labute approximate surface area is 158 Å². The molecule has 0 radical (unpaired) electrons. The zero-order valence-electron chi connectivity index (χ0n) is 14.8. The molecular formula is C22H22N2OS. The molecule has 1 aliphatic rings. The van der Waals surface area contributed by atoms with Crippen LogP contribution >= 0.6 is 11.3 Å². The molecule has 132 valence electrons. The Balaban J connectivity index is 1.62. The maximum absolute atomic E-state index is 13.0. The quantitative estimate of drug-likeness (QED) is 0.686. The number of amides is 1. The van der Waals surface area contributed by atoms with E-state index in [0.717, 1.165) is 22.7 Å². The van der Waals surface area contributed by atoms with E-state index in [4.69, 9.17) is 0 Å². The number of fused-ring (bicyclic) bond motifs is 1. The van der Waals surface area contributed by atoms with E-state index in [2.05, 4.69) is 42.6 Å². The van der Waals surface area contributed by atoms with E-state index in [-0.39, 0.29) is 18.0 Å². The van der Waals surface area contributed by atoms with E-state index in [0.29, 0.717) is 6.42 Å². The van der Waals surface area contributed by atoms with Gasteiger partial charge in [-0.25, -0.2) is 0 Å². The summed E-state index contributed by atoms with van der Waals surface area (Å²) in [6.07, 6.45) is 1.36. The van der Waals surface area contributed by atoms with E-state index in [1.54, 1.807) is 11.3 Å². The molecule has 1 aromatic heterocycles. The van der Waals surface area contributed by atoms with Crippen molar-refractivity contribution in [2.75, 3.05) is 10.2 Å². The highest BCUT2D eigenvalue weighted by atomic mass is 32.1. The first kappa shape index (κ1) is 16.9. The Kier molecular flexibility index (Phi) is 4.76. The van der Waals surface area contributed by atoms with Gasteiger partial charge in [-0.1, -0.05) is 42.5 Å². The number of hydrogen-bond donors (Lipinski definition) is 1. The molecule has 0 bridgehead atoms. The molecule has 26 heavy (non-hydrogen) atoms. The lowest BCUT2D eigenvalue weighted by Crippen LogP contribution is -2.45. The average Bonchev–Trinajstić information content (AvgIpc) is 3.15. The SMILES string of the molecule is C[C@@H]1C[C@H](Nc2ccccc2)c2ccccc2N1C(=O)Cc1cccs1. The maximum Gasteiger partial charge on any atom is 0.232 e. The number of carbonyl (C=O) groups excluding carboxylic acids is 1. The number of anilines is 2. The molecule has 0 saturated heterocycles. The van der Waals surface area contributed by atoms with Crippen LogP contribution in [0.4, 0.5) is 11.4 Å². The van der Waals surface area contributed by atoms with Crippen molar-refractivity contribution in [2.24, 2.45) is 0 Å². The molecule has 4 heteroatoms. The Hall–Kier alpha value is -2.59. The second-order valence-electron chi connectivity index (χ2n) is 6.73. The lowest BCUT2D eigenvalue weighted by molar-refractivity contribution is -0.118. The number of carbonyl (C=O) groups is 1. The van der Waals surface area contributed by atoms with Crippen molar-refractivity contribution in [1.82, 2.24) is 0 Å². The third-order valence-corrected chi connectivity index (χ3v) is 5.75. The summed E-state index contributed by atoms with van der Waals surface area (Å²) in [6.45, 7) is 2.14. The van der Waals surface area contributed by atoms with Crippen LogP contribution < -0.4 is 10.2 Å².